The third-order valence-corrected chi connectivity index (χ3v) is 5.88. The Balaban J connectivity index is 2.18. The minimum Gasteiger partial charge on any atom is -0.416 e. The molecule has 0 bridgehead atoms. The van der Waals surface area contributed by atoms with Crippen molar-refractivity contribution in [3.63, 3.8) is 0 Å². The molecule has 4 aromatic rings. The van der Waals surface area contributed by atoms with Gasteiger partial charge in [0.05, 0.1) is 22.3 Å². The molecule has 6 heteroatoms. The molecule has 1 heterocycles. The lowest BCUT2D eigenvalue weighted by Gasteiger charge is -2.16. The summed E-state index contributed by atoms with van der Waals surface area (Å²) in [6, 6.07) is 22.7. The lowest BCUT2D eigenvalue weighted by Crippen LogP contribution is -2.09. The van der Waals surface area contributed by atoms with Crippen molar-refractivity contribution < 1.29 is 9.63 Å². The number of halogens is 1. The van der Waals surface area contributed by atoms with Gasteiger partial charge >= 0.3 is 0 Å². The molecular weight excluding hydrogens is 434 g/mol. The van der Waals surface area contributed by atoms with Gasteiger partial charge in [-0.25, -0.2) is 4.79 Å². The molecule has 0 aliphatic rings. The summed E-state index contributed by atoms with van der Waals surface area (Å²) in [6.45, 7) is 2.00. The molecule has 33 heavy (non-hydrogen) atoms. The summed E-state index contributed by atoms with van der Waals surface area (Å²) in [6.07, 6.45) is 1.44. The molecule has 0 N–H and O–H groups in total. The first-order valence-corrected chi connectivity index (χ1v) is 10.5. The molecule has 1 unspecified atom stereocenters. The van der Waals surface area contributed by atoms with Gasteiger partial charge in [0.2, 0.25) is 0 Å². The molecule has 1 atom stereocenters. The molecule has 0 saturated carbocycles. The van der Waals surface area contributed by atoms with E-state index in [-0.39, 0.29) is 11.1 Å². The van der Waals surface area contributed by atoms with Gasteiger partial charge in [-0.1, -0.05) is 53.6 Å². The van der Waals surface area contributed by atoms with Gasteiger partial charge < -0.3 is 4.84 Å². The molecule has 0 fully saturated rings. The molecule has 3 aromatic carbocycles. The third-order valence-electron chi connectivity index (χ3n) is 5.63. The predicted molar refractivity (Wildman–Crippen MR) is 128 cm³/mol. The summed E-state index contributed by atoms with van der Waals surface area (Å²) in [5.74, 6) is 1.44. The molecule has 4 rings (SSSR count). The van der Waals surface area contributed by atoms with Gasteiger partial charge in [0, 0.05) is 33.5 Å². The lowest BCUT2D eigenvalue weighted by molar-refractivity contribution is 0.183. The van der Waals surface area contributed by atoms with Gasteiger partial charge in [0.1, 0.15) is 25.2 Å². The number of nitriles is 2. The van der Waals surface area contributed by atoms with Crippen LogP contribution in [0.4, 0.5) is 0 Å². The molecule has 0 spiro atoms. The topological polar surface area (TPSA) is 78.8 Å². The highest BCUT2D eigenvalue weighted by Crippen LogP contribution is 2.42. The SMILES string of the molecule is COn1c(-c2ccc(C)cc2)c(C(C=C=O)c2ccc(Cl)cc2)c2cc(C#N)c(C#N)cc21. The molecule has 0 aliphatic carbocycles. The highest BCUT2D eigenvalue weighted by molar-refractivity contribution is 6.30. The fourth-order valence-electron chi connectivity index (χ4n) is 4.09. The van der Waals surface area contributed by atoms with Crippen LogP contribution in [0.3, 0.4) is 0 Å². The van der Waals surface area contributed by atoms with Crippen molar-refractivity contribution in [2.75, 3.05) is 7.11 Å². The summed E-state index contributed by atoms with van der Waals surface area (Å²) in [7, 11) is 1.54. The molecule has 5 nitrogen and oxygen atoms in total. The Kier molecular flexibility index (Phi) is 6.03. The number of carbonyl (C=O) groups excluding carboxylic acids is 1. The van der Waals surface area contributed by atoms with E-state index in [0.29, 0.717) is 15.9 Å². The van der Waals surface area contributed by atoms with Crippen molar-refractivity contribution in [1.82, 2.24) is 4.73 Å². The van der Waals surface area contributed by atoms with E-state index in [4.69, 9.17) is 16.4 Å². The minimum absolute atomic E-state index is 0.247. The Morgan fingerprint density at radius 3 is 2.21 bits per heavy atom. The van der Waals surface area contributed by atoms with Crippen LogP contribution in [0.2, 0.25) is 5.02 Å². The van der Waals surface area contributed by atoms with Crippen LogP contribution >= 0.6 is 11.6 Å². The maximum absolute atomic E-state index is 11.6. The van der Waals surface area contributed by atoms with Gasteiger partial charge in [-0.15, -0.1) is 0 Å². The first-order chi connectivity index (χ1) is 16.0. The van der Waals surface area contributed by atoms with Crippen LogP contribution in [0.15, 0.2) is 66.7 Å². The summed E-state index contributed by atoms with van der Waals surface area (Å²) < 4.78 is 1.64. The molecule has 1 aromatic heterocycles. The maximum atomic E-state index is 11.6. The fourth-order valence-corrected chi connectivity index (χ4v) is 4.21. The van der Waals surface area contributed by atoms with Gasteiger partial charge in [0.25, 0.3) is 0 Å². The molecule has 160 valence electrons. The van der Waals surface area contributed by atoms with Gasteiger partial charge in [-0.3, -0.25) is 0 Å². The molecule has 0 radical (unpaired) electrons. The van der Waals surface area contributed by atoms with Crippen molar-refractivity contribution in [3.05, 3.63) is 99.6 Å². The van der Waals surface area contributed by atoms with Crippen LogP contribution in [0.5, 0.6) is 0 Å². The molecule has 0 saturated heterocycles. The number of allylic oxidation sites excluding steroid dienone is 1. The van der Waals surface area contributed by atoms with Crippen LogP contribution in [0.1, 0.15) is 33.7 Å². The first kappa shape index (κ1) is 21.9. The van der Waals surface area contributed by atoms with E-state index in [2.05, 4.69) is 12.1 Å². The average Bonchev–Trinajstić information content (AvgIpc) is 3.15. The summed E-state index contributed by atoms with van der Waals surface area (Å²) >= 11 is 6.10. The Bertz CT molecular complexity index is 1480. The van der Waals surface area contributed by atoms with E-state index in [0.717, 1.165) is 27.9 Å². The van der Waals surface area contributed by atoms with Crippen LogP contribution in [0, 0.1) is 29.6 Å². The van der Waals surface area contributed by atoms with Gasteiger partial charge in [-0.05, 0) is 36.8 Å². The quantitative estimate of drug-likeness (QED) is 0.370. The number of fused-ring (bicyclic) bond motifs is 1. The zero-order valence-electron chi connectivity index (χ0n) is 18.0. The molecule has 0 amide bonds. The molecule has 0 aliphatic heterocycles. The van der Waals surface area contributed by atoms with E-state index in [1.807, 2.05) is 49.3 Å². The Morgan fingerprint density at radius 2 is 1.64 bits per heavy atom. The lowest BCUT2D eigenvalue weighted by atomic mass is 9.87. The number of hydrogen-bond acceptors (Lipinski definition) is 4. The summed E-state index contributed by atoms with van der Waals surface area (Å²) in [5, 5.41) is 20.5. The zero-order chi connectivity index (χ0) is 23.5. The van der Waals surface area contributed by atoms with E-state index >= 15 is 0 Å². The number of aryl methyl sites for hydroxylation is 1. The second-order valence-corrected chi connectivity index (χ2v) is 7.99. The summed E-state index contributed by atoms with van der Waals surface area (Å²) in [5.41, 5.74) is 5.40. The zero-order valence-corrected chi connectivity index (χ0v) is 18.7. The highest BCUT2D eigenvalue weighted by atomic mass is 35.5. The first-order valence-electron chi connectivity index (χ1n) is 10.1. The number of nitrogens with zero attached hydrogens (tertiary/aromatic N) is 3. The van der Waals surface area contributed by atoms with E-state index < -0.39 is 5.92 Å². The number of aromatic nitrogens is 1. The smallest absolute Gasteiger partial charge is 0.121 e. The summed E-state index contributed by atoms with van der Waals surface area (Å²) in [4.78, 5) is 17.4. The number of hydrogen-bond donors (Lipinski definition) is 0. The second-order valence-electron chi connectivity index (χ2n) is 7.56. The van der Waals surface area contributed by atoms with Crippen molar-refractivity contribution in [1.29, 1.82) is 10.5 Å². The van der Waals surface area contributed by atoms with Crippen molar-refractivity contribution in [3.8, 4) is 23.4 Å². The van der Waals surface area contributed by atoms with Crippen molar-refractivity contribution in [2.24, 2.45) is 0 Å². The van der Waals surface area contributed by atoms with Crippen LogP contribution in [-0.2, 0) is 4.79 Å². The van der Waals surface area contributed by atoms with E-state index in [1.54, 1.807) is 29.0 Å². The maximum Gasteiger partial charge on any atom is 0.121 e. The number of rotatable bonds is 5. The predicted octanol–water partition coefficient (Wildman–Crippen LogP) is 5.59. The standard InChI is InChI=1S/C27H18ClN3O2/c1-17-3-5-19(6-4-17)27-26(23(11-12-32)18-7-9-22(28)10-8-18)24-13-20(15-29)21(16-30)14-25(24)31(27)33-2/h3-11,13-14,23H,1-2H3. The van der Waals surface area contributed by atoms with Gasteiger partial charge in [-0.2, -0.15) is 15.3 Å². The Labute approximate surface area is 196 Å². The van der Waals surface area contributed by atoms with Crippen LogP contribution in [-0.4, -0.2) is 17.8 Å². The highest BCUT2D eigenvalue weighted by Gasteiger charge is 2.27. The van der Waals surface area contributed by atoms with Crippen molar-refractivity contribution in [2.45, 2.75) is 12.8 Å². The fraction of sp³-hybridized carbons (Fsp3) is 0.111. The van der Waals surface area contributed by atoms with Crippen LogP contribution in [0.25, 0.3) is 22.2 Å². The third kappa shape index (κ3) is 3.88. The van der Waals surface area contributed by atoms with Crippen LogP contribution < -0.4 is 4.84 Å². The normalized spacial score (nSPS) is 11.3. The van der Waals surface area contributed by atoms with Gasteiger partial charge in [0.15, 0.2) is 0 Å². The largest absolute Gasteiger partial charge is 0.416 e. The van der Waals surface area contributed by atoms with Crippen molar-refractivity contribution >= 4 is 28.4 Å². The van der Waals surface area contributed by atoms with E-state index in [9.17, 15) is 15.3 Å². The van der Waals surface area contributed by atoms with E-state index in [1.165, 1.54) is 13.2 Å². The average molecular weight is 452 g/mol. The Morgan fingerprint density at radius 1 is 1.00 bits per heavy atom. The monoisotopic (exact) mass is 451 g/mol. The second kappa shape index (κ2) is 9.07. The Hall–Kier alpha value is -4.28. The molecular formula is C27H18ClN3O2. The number of benzene rings is 3. The minimum atomic E-state index is -0.491.